The van der Waals surface area contributed by atoms with Crippen molar-refractivity contribution in [1.82, 2.24) is 19.4 Å². The van der Waals surface area contributed by atoms with Crippen LogP contribution in [0.25, 0.3) is 43.6 Å². The number of likely N-dealkylation sites (N-methyl/N-ethyl adjacent to an activating group) is 1. The number of aromatic nitrogens is 2. The standard InChI is InChI=1S/C37H41N5O6/c1-5-6-17-47-28(43)16-15-23(38)36(45)40(3)26-18-27-41-24-13-9-7-11-20(24)30-31-22(19-39-35(31)44)29-21-12-8-10-14-25(21)42(33(29)32(30)41)37(2,48-27)34(26)46-4/h7-14,23,26-27,34H,5-6,15-19,38H2,1-4H3,(H,39,44). The van der Waals surface area contributed by atoms with Gasteiger partial charge in [-0.05, 0) is 37.5 Å². The monoisotopic (exact) mass is 651 g/mol. The van der Waals surface area contributed by atoms with Crippen LogP contribution in [0.5, 0.6) is 0 Å². The van der Waals surface area contributed by atoms with E-state index in [0.717, 1.165) is 62.0 Å². The van der Waals surface area contributed by atoms with E-state index in [0.29, 0.717) is 25.1 Å². The molecule has 0 radical (unpaired) electrons. The first-order chi connectivity index (χ1) is 23.2. The summed E-state index contributed by atoms with van der Waals surface area (Å²) >= 11 is 0. The third-order valence-electron chi connectivity index (χ3n) is 10.8. The highest BCUT2D eigenvalue weighted by Crippen LogP contribution is 2.54. The van der Waals surface area contributed by atoms with Gasteiger partial charge in [0.2, 0.25) is 5.91 Å². The second-order valence-corrected chi connectivity index (χ2v) is 13.5. The molecular formula is C37H41N5O6. The molecule has 0 aliphatic carbocycles. The van der Waals surface area contributed by atoms with E-state index in [4.69, 9.17) is 19.9 Å². The van der Waals surface area contributed by atoms with Crippen LogP contribution in [0.2, 0.25) is 0 Å². The molecule has 8 rings (SSSR count). The minimum Gasteiger partial charge on any atom is -0.466 e. The molecule has 2 aromatic heterocycles. The van der Waals surface area contributed by atoms with E-state index in [1.165, 1.54) is 0 Å². The van der Waals surface area contributed by atoms with Gasteiger partial charge in [-0.25, -0.2) is 0 Å². The number of methoxy groups -OCH3 is 1. The number of unbranched alkanes of at least 4 members (excludes halogenated alkanes) is 1. The number of hydrogen-bond acceptors (Lipinski definition) is 7. The molecule has 0 spiro atoms. The van der Waals surface area contributed by atoms with Gasteiger partial charge in [0, 0.05) is 55.1 Å². The lowest BCUT2D eigenvalue weighted by molar-refractivity contribution is -0.266. The van der Waals surface area contributed by atoms with Gasteiger partial charge in [0.1, 0.15) is 12.3 Å². The number of benzene rings is 3. The summed E-state index contributed by atoms with van der Waals surface area (Å²) in [5.41, 5.74) is 10.9. The maximum Gasteiger partial charge on any atom is 0.305 e. The van der Waals surface area contributed by atoms with Crippen LogP contribution in [0.3, 0.4) is 0 Å². The lowest BCUT2D eigenvalue weighted by atomic mass is 9.91. The Balaban J connectivity index is 1.30. The van der Waals surface area contributed by atoms with Crippen LogP contribution < -0.4 is 11.1 Å². The molecule has 1 saturated heterocycles. The molecule has 1 fully saturated rings. The predicted molar refractivity (Wildman–Crippen MR) is 182 cm³/mol. The highest BCUT2D eigenvalue weighted by molar-refractivity contribution is 6.31. The molecule has 11 heteroatoms. The van der Waals surface area contributed by atoms with Gasteiger partial charge in [0.05, 0.1) is 46.3 Å². The van der Waals surface area contributed by atoms with Crippen LogP contribution in [0.1, 0.15) is 68.1 Å². The van der Waals surface area contributed by atoms with Crippen molar-refractivity contribution < 1.29 is 28.6 Å². The van der Waals surface area contributed by atoms with Gasteiger partial charge in [0.25, 0.3) is 5.91 Å². The molecule has 5 heterocycles. The summed E-state index contributed by atoms with van der Waals surface area (Å²) in [5, 5.41) is 7.05. The lowest BCUT2D eigenvalue weighted by Crippen LogP contribution is -2.62. The number of hydrogen-bond donors (Lipinski definition) is 2. The average molecular weight is 652 g/mol. The Labute approximate surface area is 277 Å². The topological polar surface area (TPSA) is 130 Å². The van der Waals surface area contributed by atoms with Crippen molar-refractivity contribution in [2.45, 2.75) is 82.6 Å². The van der Waals surface area contributed by atoms with Gasteiger partial charge >= 0.3 is 5.97 Å². The minimum atomic E-state index is -1.07. The Morgan fingerprint density at radius 3 is 2.54 bits per heavy atom. The number of para-hydroxylation sites is 2. The smallest absolute Gasteiger partial charge is 0.305 e. The number of nitrogens with one attached hydrogen (secondary N) is 1. The third-order valence-corrected chi connectivity index (χ3v) is 10.8. The van der Waals surface area contributed by atoms with Gasteiger partial charge in [-0.3, -0.25) is 14.4 Å². The SMILES string of the molecule is CCCCOC(=O)CCC(N)C(=O)N(C)C1CC2OC(C)(C1OC)n1c3ccccc3c3c4c(c5c6ccccc6n2c5c31)C(=O)NC4. The molecule has 3 aromatic carbocycles. The fraction of sp³-hybridized carbons (Fsp3) is 0.432. The molecule has 3 aliphatic rings. The zero-order valence-corrected chi connectivity index (χ0v) is 27.7. The molecule has 5 aromatic rings. The van der Waals surface area contributed by atoms with E-state index in [1.807, 2.05) is 38.1 Å². The van der Waals surface area contributed by atoms with Gasteiger partial charge in [0.15, 0.2) is 5.72 Å². The van der Waals surface area contributed by atoms with Crippen LogP contribution in [0, 0.1) is 0 Å². The van der Waals surface area contributed by atoms with Gasteiger partial charge < -0.3 is 39.3 Å². The maximum atomic E-state index is 14.0. The molecule has 5 unspecified atom stereocenters. The average Bonchev–Trinajstić information content (AvgIpc) is 3.74. The van der Waals surface area contributed by atoms with Crippen LogP contribution in [0.15, 0.2) is 48.5 Å². The number of nitrogens with zero attached hydrogens (tertiary/aromatic N) is 3. The first kappa shape index (κ1) is 30.9. The van der Waals surface area contributed by atoms with Crippen molar-refractivity contribution in [2.24, 2.45) is 5.73 Å². The highest BCUT2D eigenvalue weighted by Gasteiger charge is 2.55. The third kappa shape index (κ3) is 4.20. The Morgan fingerprint density at radius 1 is 1.10 bits per heavy atom. The molecule has 250 valence electrons. The number of ether oxygens (including phenoxy) is 3. The summed E-state index contributed by atoms with van der Waals surface area (Å²) in [4.78, 5) is 41.6. The predicted octanol–water partition coefficient (Wildman–Crippen LogP) is 5.04. The van der Waals surface area contributed by atoms with Crippen LogP contribution >= 0.6 is 0 Å². The summed E-state index contributed by atoms with van der Waals surface area (Å²) in [6, 6.07) is 15.0. The van der Waals surface area contributed by atoms with Crippen molar-refractivity contribution in [3.05, 3.63) is 59.7 Å². The van der Waals surface area contributed by atoms with E-state index in [1.54, 1.807) is 19.1 Å². The van der Waals surface area contributed by atoms with Crippen molar-refractivity contribution in [2.75, 3.05) is 20.8 Å². The molecule has 2 bridgehead atoms. The lowest BCUT2D eigenvalue weighted by Gasteiger charge is -2.50. The van der Waals surface area contributed by atoms with E-state index in [-0.39, 0.29) is 30.6 Å². The summed E-state index contributed by atoms with van der Waals surface area (Å²) in [7, 11) is 3.42. The molecular weight excluding hydrogens is 610 g/mol. The van der Waals surface area contributed by atoms with Gasteiger partial charge in [-0.2, -0.15) is 0 Å². The van der Waals surface area contributed by atoms with Gasteiger partial charge in [-0.1, -0.05) is 49.7 Å². The minimum absolute atomic E-state index is 0.0700. The molecule has 11 nitrogen and oxygen atoms in total. The molecule has 3 N–H and O–H groups in total. The van der Waals surface area contributed by atoms with Crippen molar-refractivity contribution in [1.29, 1.82) is 0 Å². The number of carbonyl (C=O) groups excluding carboxylic acids is 3. The number of esters is 1. The number of amides is 2. The number of fused-ring (bicyclic) bond motifs is 13. The first-order valence-corrected chi connectivity index (χ1v) is 16.9. The maximum absolute atomic E-state index is 14.0. The quantitative estimate of drug-likeness (QED) is 0.169. The normalized spacial score (nSPS) is 23.5. The molecule has 2 amide bonds. The van der Waals surface area contributed by atoms with Crippen molar-refractivity contribution >= 4 is 61.4 Å². The van der Waals surface area contributed by atoms with Crippen LogP contribution in [0.4, 0.5) is 0 Å². The fourth-order valence-electron chi connectivity index (χ4n) is 8.62. The zero-order valence-electron chi connectivity index (χ0n) is 27.7. The van der Waals surface area contributed by atoms with Crippen molar-refractivity contribution in [3.63, 3.8) is 0 Å². The summed E-state index contributed by atoms with van der Waals surface area (Å²) in [5.74, 6) is -0.699. The second kappa shape index (κ2) is 11.3. The van der Waals surface area contributed by atoms with Crippen LogP contribution in [-0.2, 0) is 36.1 Å². The summed E-state index contributed by atoms with van der Waals surface area (Å²) < 4.78 is 23.3. The Bertz CT molecular complexity index is 2150. The fourth-order valence-corrected chi connectivity index (χ4v) is 8.62. The number of nitrogens with two attached hydrogens (primary N) is 1. The Hall–Kier alpha value is -4.45. The second-order valence-electron chi connectivity index (χ2n) is 13.5. The van der Waals surface area contributed by atoms with E-state index in [9.17, 15) is 14.4 Å². The zero-order chi connectivity index (χ0) is 33.5. The molecule has 0 saturated carbocycles. The highest BCUT2D eigenvalue weighted by atomic mass is 16.6. The van der Waals surface area contributed by atoms with E-state index >= 15 is 0 Å². The first-order valence-electron chi connectivity index (χ1n) is 16.9. The molecule has 3 aliphatic heterocycles. The summed E-state index contributed by atoms with van der Waals surface area (Å²) in [6.45, 7) is 4.87. The van der Waals surface area contributed by atoms with Crippen LogP contribution in [-0.4, -0.2) is 70.8 Å². The number of carbonyl (C=O) groups is 3. The largest absolute Gasteiger partial charge is 0.466 e. The molecule has 5 atom stereocenters. The van der Waals surface area contributed by atoms with Crippen molar-refractivity contribution in [3.8, 4) is 0 Å². The van der Waals surface area contributed by atoms with E-state index < -0.39 is 30.1 Å². The van der Waals surface area contributed by atoms with Gasteiger partial charge in [-0.15, -0.1) is 0 Å². The summed E-state index contributed by atoms with van der Waals surface area (Å²) in [6.07, 6.45) is 1.31. The Kier molecular flexibility index (Phi) is 7.28. The van der Waals surface area contributed by atoms with E-state index in [2.05, 4.69) is 38.7 Å². The molecule has 48 heavy (non-hydrogen) atoms. The Morgan fingerprint density at radius 2 is 1.81 bits per heavy atom. The number of rotatable bonds is 9.